The van der Waals surface area contributed by atoms with Crippen LogP contribution in [0.1, 0.15) is 0 Å². The quantitative estimate of drug-likeness (QED) is 0.199. The molecular weight excluding hydrogens is 585 g/mol. The zero-order valence-electron chi connectivity index (χ0n) is 25.8. The van der Waals surface area contributed by atoms with E-state index in [4.69, 9.17) is 9.97 Å². The number of nitrogens with zero attached hydrogens (tertiary/aromatic N) is 4. The fourth-order valence-corrected chi connectivity index (χ4v) is 8.01. The number of hydrogen-bond acceptors (Lipinski definition) is 2. The van der Waals surface area contributed by atoms with Gasteiger partial charge in [0.15, 0.2) is 0 Å². The van der Waals surface area contributed by atoms with Gasteiger partial charge in [0, 0.05) is 43.3 Å². The van der Waals surface area contributed by atoms with Crippen LogP contribution in [0.15, 0.2) is 158 Å². The van der Waals surface area contributed by atoms with Gasteiger partial charge in [0.25, 0.3) is 0 Å². The summed E-state index contributed by atoms with van der Waals surface area (Å²) in [5, 5.41) is 8.40. The molecule has 0 bridgehead atoms. The van der Waals surface area contributed by atoms with Crippen LogP contribution >= 0.6 is 0 Å². The van der Waals surface area contributed by atoms with Gasteiger partial charge in [-0.05, 0) is 47.5 Å². The molecule has 0 radical (unpaired) electrons. The van der Waals surface area contributed by atoms with E-state index in [-0.39, 0.29) is 0 Å². The molecule has 222 valence electrons. The van der Waals surface area contributed by atoms with E-state index >= 15 is 0 Å². The van der Waals surface area contributed by atoms with Gasteiger partial charge in [-0.15, -0.1) is 0 Å². The normalized spacial score (nSPS) is 12.2. The Kier molecular flexibility index (Phi) is 5.08. The zero-order chi connectivity index (χ0) is 31.3. The van der Waals surface area contributed by atoms with Crippen molar-refractivity contribution in [2.45, 2.75) is 0 Å². The lowest BCUT2D eigenvalue weighted by atomic mass is 10.00. The van der Waals surface area contributed by atoms with Crippen LogP contribution in [0, 0.1) is 0 Å². The van der Waals surface area contributed by atoms with Crippen LogP contribution in [0.2, 0.25) is 0 Å². The van der Waals surface area contributed by atoms with Crippen molar-refractivity contribution in [3.63, 3.8) is 0 Å². The lowest BCUT2D eigenvalue weighted by Crippen LogP contribution is -2.03. The first-order valence-electron chi connectivity index (χ1n) is 16.4. The van der Waals surface area contributed by atoms with E-state index in [0.29, 0.717) is 5.95 Å². The van der Waals surface area contributed by atoms with Crippen molar-refractivity contribution < 1.29 is 0 Å². The maximum Gasteiger partial charge on any atom is 0.235 e. The van der Waals surface area contributed by atoms with E-state index in [2.05, 4.69) is 161 Å². The Balaban J connectivity index is 1.34. The SMILES string of the molecule is c1ccc(-c2ccc3c(c2)c2cc4c5ccccc5n(-c5nc(-c6ccccc6)c6ccccc6n5)c4c4c5ccccc5n3c24)cc1. The lowest BCUT2D eigenvalue weighted by Gasteiger charge is -2.12. The Morgan fingerprint density at radius 2 is 1.00 bits per heavy atom. The minimum Gasteiger partial charge on any atom is -0.308 e. The summed E-state index contributed by atoms with van der Waals surface area (Å²) in [6, 6.07) is 56.3. The molecule has 0 aliphatic heterocycles. The molecule has 0 spiro atoms. The Bertz CT molecular complexity index is 3040. The molecule has 0 aliphatic rings. The molecule has 0 saturated heterocycles. The highest BCUT2D eigenvalue weighted by molar-refractivity contribution is 6.34. The summed E-state index contributed by atoms with van der Waals surface area (Å²) in [5.41, 5.74) is 11.3. The summed E-state index contributed by atoms with van der Waals surface area (Å²) in [7, 11) is 0. The van der Waals surface area contributed by atoms with Crippen LogP contribution < -0.4 is 0 Å². The average molecular weight is 611 g/mol. The molecule has 11 rings (SSSR count). The molecule has 4 nitrogen and oxygen atoms in total. The Morgan fingerprint density at radius 3 is 1.81 bits per heavy atom. The van der Waals surface area contributed by atoms with Crippen molar-refractivity contribution in [2.24, 2.45) is 0 Å². The molecule has 48 heavy (non-hydrogen) atoms. The standard InChI is InChI=1S/C44H26N4/c1-3-13-27(14-4-1)29-23-24-39-33(25-29)35-26-34-30-17-8-11-21-37(30)48(43(34)40-32-19-9-12-22-38(32)47(39)42(35)40)44-45-36-20-10-7-18-31(36)41(46-44)28-15-5-2-6-16-28/h1-26H. The molecule has 0 amide bonds. The third-order valence-electron chi connectivity index (χ3n) is 10.0. The van der Waals surface area contributed by atoms with Crippen LogP contribution in [0.5, 0.6) is 0 Å². The monoisotopic (exact) mass is 610 g/mol. The number of hydrogen-bond donors (Lipinski definition) is 0. The number of benzene rings is 7. The molecule has 4 heteroatoms. The van der Waals surface area contributed by atoms with E-state index in [9.17, 15) is 0 Å². The highest BCUT2D eigenvalue weighted by Gasteiger charge is 2.25. The fourth-order valence-electron chi connectivity index (χ4n) is 8.01. The van der Waals surface area contributed by atoms with Gasteiger partial charge in [0.05, 0.1) is 38.8 Å². The van der Waals surface area contributed by atoms with Crippen LogP contribution in [0.4, 0.5) is 0 Å². The average Bonchev–Trinajstić information content (AvgIpc) is 3.79. The van der Waals surface area contributed by atoms with Gasteiger partial charge < -0.3 is 4.40 Å². The molecular formula is C44H26N4. The predicted molar refractivity (Wildman–Crippen MR) is 199 cm³/mol. The molecule has 0 N–H and O–H groups in total. The van der Waals surface area contributed by atoms with Crippen LogP contribution in [0.3, 0.4) is 0 Å². The van der Waals surface area contributed by atoms with Crippen molar-refractivity contribution in [3.8, 4) is 28.3 Å². The highest BCUT2D eigenvalue weighted by Crippen LogP contribution is 2.47. The van der Waals surface area contributed by atoms with Gasteiger partial charge in [0.2, 0.25) is 5.95 Å². The van der Waals surface area contributed by atoms with E-state index in [1.165, 1.54) is 60.0 Å². The van der Waals surface area contributed by atoms with Crippen LogP contribution in [-0.2, 0) is 0 Å². The Labute approximate surface area is 275 Å². The summed E-state index contributed by atoms with van der Waals surface area (Å²) in [6.45, 7) is 0. The van der Waals surface area contributed by atoms with Gasteiger partial charge in [0.1, 0.15) is 0 Å². The molecule has 11 aromatic rings. The van der Waals surface area contributed by atoms with Crippen molar-refractivity contribution in [3.05, 3.63) is 158 Å². The predicted octanol–water partition coefficient (Wildman–Crippen LogP) is 11.2. The van der Waals surface area contributed by atoms with E-state index < -0.39 is 0 Å². The second kappa shape index (κ2) is 9.50. The third-order valence-corrected chi connectivity index (χ3v) is 10.0. The van der Waals surface area contributed by atoms with Crippen LogP contribution in [-0.4, -0.2) is 18.9 Å². The summed E-state index contributed by atoms with van der Waals surface area (Å²) < 4.78 is 4.76. The Hall–Kier alpha value is -6.52. The number of rotatable bonds is 3. The minimum absolute atomic E-state index is 0.674. The summed E-state index contributed by atoms with van der Waals surface area (Å²) >= 11 is 0. The first kappa shape index (κ1) is 25.6. The largest absolute Gasteiger partial charge is 0.308 e. The number of para-hydroxylation sites is 3. The Morgan fingerprint density at radius 1 is 0.375 bits per heavy atom. The van der Waals surface area contributed by atoms with Gasteiger partial charge in [-0.1, -0.05) is 121 Å². The first-order valence-corrected chi connectivity index (χ1v) is 16.4. The summed E-state index contributed by atoms with van der Waals surface area (Å²) in [5.74, 6) is 0.674. The summed E-state index contributed by atoms with van der Waals surface area (Å²) in [6.07, 6.45) is 0. The molecule has 0 fully saturated rings. The van der Waals surface area contributed by atoms with Crippen LogP contribution in [0.25, 0.3) is 99.1 Å². The van der Waals surface area contributed by atoms with Gasteiger partial charge in [-0.3, -0.25) is 4.57 Å². The number of fused-ring (bicyclic) bond motifs is 11. The van der Waals surface area contributed by atoms with Gasteiger partial charge >= 0.3 is 0 Å². The lowest BCUT2D eigenvalue weighted by molar-refractivity contribution is 1.02. The van der Waals surface area contributed by atoms with Crippen molar-refractivity contribution in [1.29, 1.82) is 0 Å². The van der Waals surface area contributed by atoms with Crippen molar-refractivity contribution in [2.75, 3.05) is 0 Å². The van der Waals surface area contributed by atoms with E-state index in [1.54, 1.807) is 0 Å². The highest BCUT2D eigenvalue weighted by atomic mass is 15.2. The smallest absolute Gasteiger partial charge is 0.235 e. The topological polar surface area (TPSA) is 35.1 Å². The third kappa shape index (κ3) is 3.38. The first-order chi connectivity index (χ1) is 23.8. The van der Waals surface area contributed by atoms with E-state index in [1.807, 2.05) is 6.07 Å². The van der Waals surface area contributed by atoms with Gasteiger partial charge in [-0.2, -0.15) is 0 Å². The molecule has 4 aromatic heterocycles. The maximum absolute atomic E-state index is 5.38. The zero-order valence-corrected chi connectivity index (χ0v) is 25.8. The second-order valence-electron chi connectivity index (χ2n) is 12.6. The van der Waals surface area contributed by atoms with Crippen molar-refractivity contribution in [1.82, 2.24) is 18.9 Å². The fraction of sp³-hybridized carbons (Fsp3) is 0. The maximum atomic E-state index is 5.38. The molecule has 7 aromatic carbocycles. The minimum atomic E-state index is 0.674. The van der Waals surface area contributed by atoms with Crippen molar-refractivity contribution >= 4 is 70.8 Å². The number of aromatic nitrogens is 4. The van der Waals surface area contributed by atoms with Gasteiger partial charge in [-0.25, -0.2) is 9.97 Å². The molecule has 0 atom stereocenters. The molecule has 0 saturated carbocycles. The second-order valence-corrected chi connectivity index (χ2v) is 12.6. The summed E-state index contributed by atoms with van der Waals surface area (Å²) in [4.78, 5) is 10.6. The molecule has 0 aliphatic carbocycles. The molecule has 4 heterocycles. The van der Waals surface area contributed by atoms with E-state index in [0.717, 1.165) is 33.2 Å². The molecule has 0 unspecified atom stereocenters.